The molecule has 0 fully saturated rings. The van der Waals surface area contributed by atoms with Crippen molar-refractivity contribution in [3.8, 4) is 0 Å². The van der Waals surface area contributed by atoms with Gasteiger partial charge < -0.3 is 4.74 Å². The lowest BCUT2D eigenvalue weighted by molar-refractivity contribution is -0.385. The van der Waals surface area contributed by atoms with Crippen LogP contribution in [0.4, 0.5) is 10.1 Å². The molecule has 0 amide bonds. The zero-order valence-electron chi connectivity index (χ0n) is 15.3. The highest BCUT2D eigenvalue weighted by Gasteiger charge is 2.38. The Morgan fingerprint density at radius 2 is 1.53 bits per heavy atom. The third kappa shape index (κ3) is 3.04. The molecule has 0 N–H and O–H groups in total. The number of ether oxygens (including phenoxy) is 1. The van der Waals surface area contributed by atoms with E-state index in [0.29, 0.717) is 0 Å². The van der Waals surface area contributed by atoms with Crippen molar-refractivity contribution in [2.24, 2.45) is 0 Å². The fourth-order valence-electron chi connectivity index (χ4n) is 3.36. The van der Waals surface area contributed by atoms with Crippen LogP contribution in [-0.2, 0) is 11.3 Å². The molecule has 0 aliphatic heterocycles. The number of esters is 1. The van der Waals surface area contributed by atoms with E-state index >= 15 is 0 Å². The number of hydrogen-bond acceptors (Lipinski definition) is 6. The standard InChI is InChI=1S/C22H12FNO6/c23-17-8-4-1-5-12(17)11-30-22(27)16-10-9-15-18(19(16)24(28)29)21(26)14-7-3-2-6-13(14)20(15)25/h1-10H,11H2. The number of benzene rings is 3. The molecule has 8 heteroatoms. The van der Waals surface area contributed by atoms with Crippen molar-refractivity contribution in [2.75, 3.05) is 0 Å². The number of nitrogens with zero attached hydrogens (tertiary/aromatic N) is 1. The molecule has 4 rings (SSSR count). The van der Waals surface area contributed by atoms with Gasteiger partial charge in [0, 0.05) is 22.3 Å². The second-order valence-electron chi connectivity index (χ2n) is 6.51. The van der Waals surface area contributed by atoms with E-state index in [1.165, 1.54) is 42.5 Å². The maximum Gasteiger partial charge on any atom is 0.345 e. The Labute approximate surface area is 168 Å². The molecule has 0 aromatic heterocycles. The Morgan fingerprint density at radius 3 is 2.20 bits per heavy atom. The van der Waals surface area contributed by atoms with E-state index in [0.717, 1.165) is 6.07 Å². The first-order valence-electron chi connectivity index (χ1n) is 8.80. The first-order valence-corrected chi connectivity index (χ1v) is 8.80. The molecule has 0 radical (unpaired) electrons. The van der Waals surface area contributed by atoms with Crippen LogP contribution in [0.2, 0.25) is 0 Å². The number of carbonyl (C=O) groups is 3. The summed E-state index contributed by atoms with van der Waals surface area (Å²) in [5, 5.41) is 11.8. The number of rotatable bonds is 4. The molecule has 0 spiro atoms. The summed E-state index contributed by atoms with van der Waals surface area (Å²) in [6.07, 6.45) is 0. The van der Waals surface area contributed by atoms with Crippen molar-refractivity contribution in [2.45, 2.75) is 6.61 Å². The molecule has 3 aromatic carbocycles. The second-order valence-corrected chi connectivity index (χ2v) is 6.51. The van der Waals surface area contributed by atoms with E-state index in [2.05, 4.69) is 0 Å². The van der Waals surface area contributed by atoms with E-state index in [9.17, 15) is 28.9 Å². The summed E-state index contributed by atoms with van der Waals surface area (Å²) in [6, 6.07) is 13.8. The van der Waals surface area contributed by atoms with Gasteiger partial charge in [0.15, 0.2) is 5.78 Å². The summed E-state index contributed by atoms with van der Waals surface area (Å²) in [5.74, 6) is -2.97. The van der Waals surface area contributed by atoms with E-state index in [1.807, 2.05) is 0 Å². The van der Waals surface area contributed by atoms with Gasteiger partial charge in [-0.1, -0.05) is 42.5 Å². The van der Waals surface area contributed by atoms with Gasteiger partial charge in [-0.3, -0.25) is 19.7 Å². The molecule has 1 aliphatic rings. The van der Waals surface area contributed by atoms with Crippen molar-refractivity contribution in [3.05, 3.63) is 110 Å². The van der Waals surface area contributed by atoms with Crippen molar-refractivity contribution in [1.29, 1.82) is 0 Å². The van der Waals surface area contributed by atoms with Gasteiger partial charge in [-0.05, 0) is 18.2 Å². The zero-order chi connectivity index (χ0) is 21.4. The maximum absolute atomic E-state index is 13.7. The van der Waals surface area contributed by atoms with Crippen molar-refractivity contribution >= 4 is 23.2 Å². The van der Waals surface area contributed by atoms with Gasteiger partial charge >= 0.3 is 5.97 Å². The highest BCUT2D eigenvalue weighted by Crippen LogP contribution is 2.35. The topological polar surface area (TPSA) is 104 Å². The Hall–Kier alpha value is -4.20. The highest BCUT2D eigenvalue weighted by molar-refractivity contribution is 6.30. The van der Waals surface area contributed by atoms with Gasteiger partial charge in [-0.25, -0.2) is 9.18 Å². The van der Waals surface area contributed by atoms with E-state index < -0.39 is 51.7 Å². The molecule has 3 aromatic rings. The van der Waals surface area contributed by atoms with Crippen molar-refractivity contribution < 1.29 is 28.4 Å². The number of nitro groups is 1. The highest BCUT2D eigenvalue weighted by atomic mass is 19.1. The van der Waals surface area contributed by atoms with Crippen LogP contribution >= 0.6 is 0 Å². The van der Waals surface area contributed by atoms with E-state index in [-0.39, 0.29) is 22.3 Å². The molecule has 148 valence electrons. The quantitative estimate of drug-likeness (QED) is 0.290. The summed E-state index contributed by atoms with van der Waals surface area (Å²) in [7, 11) is 0. The summed E-state index contributed by atoms with van der Waals surface area (Å²) in [5.41, 5.74) is -1.66. The van der Waals surface area contributed by atoms with Gasteiger partial charge in [-0.2, -0.15) is 0 Å². The molecule has 7 nitrogen and oxygen atoms in total. The van der Waals surface area contributed by atoms with E-state index in [4.69, 9.17) is 4.74 Å². The lowest BCUT2D eigenvalue weighted by Crippen LogP contribution is -2.23. The molecule has 0 atom stereocenters. The van der Waals surface area contributed by atoms with Crippen LogP contribution in [0.1, 0.15) is 47.8 Å². The van der Waals surface area contributed by atoms with Crippen LogP contribution < -0.4 is 0 Å². The third-order valence-corrected chi connectivity index (χ3v) is 4.79. The number of fused-ring (bicyclic) bond motifs is 2. The SMILES string of the molecule is O=C1c2ccccc2C(=O)c2c1ccc(C(=O)OCc1ccccc1F)c2[N+](=O)[O-]. The fourth-order valence-corrected chi connectivity index (χ4v) is 3.36. The zero-order valence-corrected chi connectivity index (χ0v) is 15.3. The molecule has 30 heavy (non-hydrogen) atoms. The summed E-state index contributed by atoms with van der Waals surface area (Å²) >= 11 is 0. The summed E-state index contributed by atoms with van der Waals surface area (Å²) in [4.78, 5) is 49.0. The molecule has 0 saturated carbocycles. The molecular formula is C22H12FNO6. The van der Waals surface area contributed by atoms with E-state index in [1.54, 1.807) is 12.1 Å². The minimum atomic E-state index is -1.10. The second kappa shape index (κ2) is 7.32. The van der Waals surface area contributed by atoms with Gasteiger partial charge in [0.05, 0.1) is 4.92 Å². The van der Waals surface area contributed by atoms with Crippen molar-refractivity contribution in [1.82, 2.24) is 0 Å². The Kier molecular flexibility index (Phi) is 4.67. The fraction of sp³-hybridized carbons (Fsp3) is 0.0455. The summed E-state index contributed by atoms with van der Waals surface area (Å²) < 4.78 is 18.8. The average molecular weight is 405 g/mol. The number of ketones is 2. The van der Waals surface area contributed by atoms with Crippen LogP contribution in [0.3, 0.4) is 0 Å². The van der Waals surface area contributed by atoms with Crippen LogP contribution in [0.5, 0.6) is 0 Å². The first kappa shape index (κ1) is 19.1. The maximum atomic E-state index is 13.7. The Balaban J connectivity index is 1.77. The van der Waals surface area contributed by atoms with Gasteiger partial charge in [0.2, 0.25) is 5.78 Å². The third-order valence-electron chi connectivity index (χ3n) is 4.79. The molecule has 0 unspecified atom stereocenters. The predicted octanol–water partition coefficient (Wildman–Crippen LogP) is 3.87. The largest absolute Gasteiger partial charge is 0.457 e. The molecule has 0 bridgehead atoms. The van der Waals surface area contributed by atoms with Crippen LogP contribution in [0.25, 0.3) is 0 Å². The smallest absolute Gasteiger partial charge is 0.345 e. The van der Waals surface area contributed by atoms with Crippen LogP contribution in [0.15, 0.2) is 60.7 Å². The predicted molar refractivity (Wildman–Crippen MR) is 102 cm³/mol. The number of halogens is 1. The monoisotopic (exact) mass is 405 g/mol. The lowest BCUT2D eigenvalue weighted by atomic mass is 9.82. The molecule has 1 aliphatic carbocycles. The molecule has 0 heterocycles. The minimum absolute atomic E-state index is 0.0231. The number of carbonyl (C=O) groups excluding carboxylic acids is 3. The van der Waals surface area contributed by atoms with Crippen LogP contribution in [0, 0.1) is 15.9 Å². The normalized spacial score (nSPS) is 12.2. The Morgan fingerprint density at radius 1 is 0.900 bits per heavy atom. The first-order chi connectivity index (χ1) is 14.4. The average Bonchev–Trinajstić information content (AvgIpc) is 2.75. The van der Waals surface area contributed by atoms with Gasteiger partial charge in [0.25, 0.3) is 5.69 Å². The lowest BCUT2D eigenvalue weighted by Gasteiger charge is -2.18. The molecule has 0 saturated heterocycles. The van der Waals surface area contributed by atoms with Gasteiger partial charge in [-0.15, -0.1) is 0 Å². The van der Waals surface area contributed by atoms with Crippen LogP contribution in [-0.4, -0.2) is 22.5 Å². The summed E-state index contributed by atoms with van der Waals surface area (Å²) in [6.45, 7) is -0.449. The number of hydrogen-bond donors (Lipinski definition) is 0. The Bertz CT molecular complexity index is 1250. The number of nitro benzene ring substituents is 1. The molecular weight excluding hydrogens is 393 g/mol. The van der Waals surface area contributed by atoms with Crippen molar-refractivity contribution in [3.63, 3.8) is 0 Å². The minimum Gasteiger partial charge on any atom is -0.457 e. The van der Waals surface area contributed by atoms with Gasteiger partial charge in [0.1, 0.15) is 23.6 Å².